The summed E-state index contributed by atoms with van der Waals surface area (Å²) in [6, 6.07) is 17.3. The Hall–Kier alpha value is -3.87. The molecule has 2 aromatic carbocycles. The molecule has 0 atom stereocenters. The number of benzene rings is 2. The average molecular weight is 389 g/mol. The van der Waals surface area contributed by atoms with Crippen LogP contribution in [0.4, 0.5) is 0 Å². The number of ketones is 1. The van der Waals surface area contributed by atoms with Gasteiger partial charge in [0.25, 0.3) is 0 Å². The van der Waals surface area contributed by atoms with Gasteiger partial charge in [0.15, 0.2) is 6.61 Å². The number of fused-ring (bicyclic) bond motifs is 1. The molecule has 0 bridgehead atoms. The molecule has 1 amide bonds. The van der Waals surface area contributed by atoms with Gasteiger partial charge >= 0.3 is 5.97 Å². The van der Waals surface area contributed by atoms with E-state index in [0.717, 1.165) is 22.2 Å². The lowest BCUT2D eigenvalue weighted by atomic mass is 10.0. The number of carbonyl (C=O) groups excluding carboxylic acids is 3. The first-order valence-corrected chi connectivity index (χ1v) is 9.14. The smallest absolute Gasteiger partial charge is 0.356 e. The van der Waals surface area contributed by atoms with Crippen LogP contribution in [0.1, 0.15) is 16.8 Å². The summed E-state index contributed by atoms with van der Waals surface area (Å²) in [4.78, 5) is 36.5. The van der Waals surface area contributed by atoms with Crippen LogP contribution in [0.25, 0.3) is 22.2 Å². The molecule has 2 heterocycles. The highest BCUT2D eigenvalue weighted by atomic mass is 16.5. The van der Waals surface area contributed by atoms with E-state index in [2.05, 4.69) is 10.9 Å². The van der Waals surface area contributed by atoms with Crippen LogP contribution in [0, 0.1) is 0 Å². The standard InChI is InChI=1S/C22H19N3O4/c1-25-17-10-6-5-9-15(17)20(21(25)14-7-3-2-4-8-14)18(26)13-29-22(28)16-11-12-19(27)24-23-16/h2-11,23H,12-13H2,1H3,(H,24,27). The van der Waals surface area contributed by atoms with E-state index in [1.54, 1.807) is 0 Å². The van der Waals surface area contributed by atoms with Crippen molar-refractivity contribution in [2.75, 3.05) is 6.61 Å². The molecule has 0 fully saturated rings. The van der Waals surface area contributed by atoms with Crippen LogP contribution in [0.15, 0.2) is 66.4 Å². The highest BCUT2D eigenvalue weighted by molar-refractivity contribution is 6.14. The van der Waals surface area contributed by atoms with Gasteiger partial charge in [-0.1, -0.05) is 48.5 Å². The Kier molecular flexibility index (Phi) is 4.87. The first-order chi connectivity index (χ1) is 14.1. The number of amides is 1. The van der Waals surface area contributed by atoms with Crippen LogP contribution in [0.2, 0.25) is 0 Å². The van der Waals surface area contributed by atoms with E-state index in [1.165, 1.54) is 6.08 Å². The van der Waals surface area contributed by atoms with E-state index >= 15 is 0 Å². The minimum Gasteiger partial charge on any atom is -0.453 e. The Morgan fingerprint density at radius 3 is 2.48 bits per heavy atom. The molecular weight excluding hydrogens is 370 g/mol. The fraction of sp³-hybridized carbons (Fsp3) is 0.136. The number of nitrogens with one attached hydrogen (secondary N) is 2. The molecule has 3 aromatic rings. The van der Waals surface area contributed by atoms with Crippen LogP contribution in [-0.2, 0) is 21.4 Å². The number of hydrogen-bond donors (Lipinski definition) is 2. The van der Waals surface area contributed by atoms with E-state index in [4.69, 9.17) is 4.74 Å². The summed E-state index contributed by atoms with van der Waals surface area (Å²) in [5.41, 5.74) is 8.04. The SMILES string of the molecule is Cn1c(-c2ccccc2)c(C(=O)COC(=O)C2=CCC(=O)NN2)c2ccccc21. The third-order valence-corrected chi connectivity index (χ3v) is 4.82. The van der Waals surface area contributed by atoms with Gasteiger partial charge in [0.1, 0.15) is 5.70 Å². The third kappa shape index (κ3) is 3.50. The fourth-order valence-electron chi connectivity index (χ4n) is 3.46. The molecule has 146 valence electrons. The number of esters is 1. The Balaban J connectivity index is 1.65. The van der Waals surface area contributed by atoms with E-state index in [1.807, 2.05) is 66.2 Å². The molecule has 7 nitrogen and oxygen atoms in total. The number of carbonyl (C=O) groups is 3. The van der Waals surface area contributed by atoms with Crippen molar-refractivity contribution >= 4 is 28.6 Å². The largest absolute Gasteiger partial charge is 0.453 e. The van der Waals surface area contributed by atoms with E-state index in [0.29, 0.717) is 5.56 Å². The molecule has 29 heavy (non-hydrogen) atoms. The van der Waals surface area contributed by atoms with E-state index in [9.17, 15) is 14.4 Å². The van der Waals surface area contributed by atoms with Crippen molar-refractivity contribution < 1.29 is 19.1 Å². The van der Waals surface area contributed by atoms with Gasteiger partial charge in [0.2, 0.25) is 11.7 Å². The van der Waals surface area contributed by atoms with Crippen molar-refractivity contribution in [1.82, 2.24) is 15.4 Å². The maximum atomic E-state index is 13.1. The highest BCUT2D eigenvalue weighted by Gasteiger charge is 2.24. The molecule has 0 spiro atoms. The van der Waals surface area contributed by atoms with Crippen molar-refractivity contribution in [3.63, 3.8) is 0 Å². The molecule has 4 rings (SSSR count). The Labute approximate surface area is 166 Å². The van der Waals surface area contributed by atoms with Crippen LogP contribution < -0.4 is 10.9 Å². The summed E-state index contributed by atoms with van der Waals surface area (Å²) < 4.78 is 7.17. The molecule has 7 heteroatoms. The van der Waals surface area contributed by atoms with Gasteiger partial charge in [-0.25, -0.2) is 4.79 Å². The second-order valence-corrected chi connectivity index (χ2v) is 6.66. The molecule has 0 radical (unpaired) electrons. The fourth-order valence-corrected chi connectivity index (χ4v) is 3.46. The minimum absolute atomic E-state index is 0.0762. The molecule has 0 saturated heterocycles. The topological polar surface area (TPSA) is 89.4 Å². The molecule has 0 saturated carbocycles. The molecule has 0 aliphatic carbocycles. The van der Waals surface area contributed by atoms with Gasteiger partial charge in [-0.05, 0) is 17.7 Å². The summed E-state index contributed by atoms with van der Waals surface area (Å²) in [5, 5.41) is 0.803. The summed E-state index contributed by atoms with van der Waals surface area (Å²) in [6.07, 6.45) is 1.51. The van der Waals surface area contributed by atoms with Gasteiger partial charge in [-0.15, -0.1) is 0 Å². The predicted molar refractivity (Wildman–Crippen MR) is 108 cm³/mol. The van der Waals surface area contributed by atoms with Crippen molar-refractivity contribution in [2.24, 2.45) is 7.05 Å². The molecule has 1 aromatic heterocycles. The first kappa shape index (κ1) is 18.5. The van der Waals surface area contributed by atoms with Crippen molar-refractivity contribution in [2.45, 2.75) is 6.42 Å². The number of rotatable bonds is 5. The lowest BCUT2D eigenvalue weighted by Crippen LogP contribution is -2.42. The van der Waals surface area contributed by atoms with Gasteiger partial charge in [0.05, 0.1) is 11.3 Å². The van der Waals surface area contributed by atoms with Gasteiger partial charge in [-0.2, -0.15) is 0 Å². The van der Waals surface area contributed by atoms with Crippen LogP contribution in [0.3, 0.4) is 0 Å². The predicted octanol–water partition coefficient (Wildman–Crippen LogP) is 2.48. The summed E-state index contributed by atoms with van der Waals surface area (Å²) in [7, 11) is 1.91. The van der Waals surface area contributed by atoms with Crippen molar-refractivity contribution in [3.05, 3.63) is 71.9 Å². The monoisotopic (exact) mass is 389 g/mol. The quantitative estimate of drug-likeness (QED) is 0.517. The zero-order valence-corrected chi connectivity index (χ0v) is 15.8. The Bertz CT molecular complexity index is 1150. The second kappa shape index (κ2) is 7.63. The minimum atomic E-state index is -0.695. The molecule has 2 N–H and O–H groups in total. The summed E-state index contributed by atoms with van der Waals surface area (Å²) in [5.74, 6) is -1.24. The van der Waals surface area contributed by atoms with Crippen LogP contribution in [-0.4, -0.2) is 28.8 Å². The lowest BCUT2D eigenvalue weighted by Gasteiger charge is -2.15. The highest BCUT2D eigenvalue weighted by Crippen LogP contribution is 2.33. The normalized spacial score (nSPS) is 13.4. The maximum absolute atomic E-state index is 13.1. The Morgan fingerprint density at radius 1 is 1.03 bits per heavy atom. The number of hydrogen-bond acceptors (Lipinski definition) is 5. The van der Waals surface area contributed by atoms with Gasteiger partial charge < -0.3 is 9.30 Å². The summed E-state index contributed by atoms with van der Waals surface area (Å²) in [6.45, 7) is -0.403. The van der Waals surface area contributed by atoms with Crippen molar-refractivity contribution in [1.29, 1.82) is 0 Å². The molecular formula is C22H19N3O4. The Morgan fingerprint density at radius 2 is 1.76 bits per heavy atom. The number of aromatic nitrogens is 1. The molecule has 1 aliphatic heterocycles. The van der Waals surface area contributed by atoms with Crippen LogP contribution >= 0.6 is 0 Å². The third-order valence-electron chi connectivity index (χ3n) is 4.82. The number of hydrazine groups is 1. The number of nitrogens with zero attached hydrogens (tertiary/aromatic N) is 1. The van der Waals surface area contributed by atoms with Gasteiger partial charge in [-0.3, -0.25) is 20.4 Å². The molecule has 1 aliphatic rings. The second-order valence-electron chi connectivity index (χ2n) is 6.66. The van der Waals surface area contributed by atoms with Crippen LogP contribution in [0.5, 0.6) is 0 Å². The number of ether oxygens (including phenoxy) is 1. The molecule has 0 unspecified atom stereocenters. The zero-order chi connectivity index (χ0) is 20.4. The lowest BCUT2D eigenvalue weighted by molar-refractivity contribution is -0.138. The van der Waals surface area contributed by atoms with Gasteiger partial charge in [0, 0.05) is 24.4 Å². The first-order valence-electron chi connectivity index (χ1n) is 9.14. The number of aryl methyl sites for hydroxylation is 1. The van der Waals surface area contributed by atoms with Crippen molar-refractivity contribution in [3.8, 4) is 11.3 Å². The summed E-state index contributed by atoms with van der Waals surface area (Å²) >= 11 is 0. The number of Topliss-reactive ketones (excluding diaryl/α,β-unsaturated/α-hetero) is 1. The maximum Gasteiger partial charge on any atom is 0.356 e. The number of para-hydroxylation sites is 1. The van der Waals surface area contributed by atoms with E-state index in [-0.39, 0.29) is 23.8 Å². The zero-order valence-electron chi connectivity index (χ0n) is 15.8. The average Bonchev–Trinajstić information content (AvgIpc) is 3.06. The van der Waals surface area contributed by atoms with E-state index < -0.39 is 12.6 Å².